The molecular weight excluding hydrogens is 717 g/mol. The molecule has 0 saturated carbocycles. The third kappa shape index (κ3) is 5.27. The fourth-order valence-corrected chi connectivity index (χ4v) is 9.15. The number of imidazole rings is 1. The summed E-state index contributed by atoms with van der Waals surface area (Å²) in [5.74, 6) is 0.916. The Morgan fingerprint density at radius 1 is 0.271 bits per heavy atom. The van der Waals surface area contributed by atoms with Crippen LogP contribution in [0.4, 0.5) is 0 Å². The van der Waals surface area contributed by atoms with Gasteiger partial charge in [-0.3, -0.25) is 4.57 Å². The molecule has 0 bridgehead atoms. The molecule has 0 aliphatic carbocycles. The first-order chi connectivity index (χ1) is 29.3. The lowest BCUT2D eigenvalue weighted by atomic mass is 10.0. The smallest absolute Gasteiger partial charge is 0.145 e. The van der Waals surface area contributed by atoms with Gasteiger partial charge >= 0.3 is 0 Å². The highest BCUT2D eigenvalue weighted by molar-refractivity contribution is 6.24. The van der Waals surface area contributed by atoms with E-state index >= 15 is 0 Å². The van der Waals surface area contributed by atoms with Crippen molar-refractivity contribution in [2.45, 2.75) is 0 Å². The van der Waals surface area contributed by atoms with Crippen LogP contribution in [0, 0.1) is 0 Å². The molecular formula is C55H36N4. The first-order valence-corrected chi connectivity index (χ1v) is 20.1. The minimum absolute atomic E-state index is 0.916. The molecule has 3 heterocycles. The van der Waals surface area contributed by atoms with Crippen LogP contribution in [0.25, 0.3) is 105 Å². The molecule has 0 fully saturated rings. The minimum atomic E-state index is 0.916. The van der Waals surface area contributed by atoms with Crippen molar-refractivity contribution in [3.63, 3.8) is 0 Å². The highest BCUT2D eigenvalue weighted by Gasteiger charge is 2.23. The average molecular weight is 753 g/mol. The van der Waals surface area contributed by atoms with Crippen LogP contribution in [0.5, 0.6) is 0 Å². The number of hydrogen-bond donors (Lipinski definition) is 0. The molecule has 0 unspecified atom stereocenters. The normalized spacial score (nSPS) is 11.7. The van der Waals surface area contributed by atoms with E-state index in [-0.39, 0.29) is 0 Å². The molecule has 0 amide bonds. The molecule has 9 aromatic carbocycles. The largest absolute Gasteiger partial charge is 0.307 e. The molecule has 3 aromatic heterocycles. The van der Waals surface area contributed by atoms with E-state index in [0.29, 0.717) is 0 Å². The maximum absolute atomic E-state index is 5.18. The van der Waals surface area contributed by atoms with Gasteiger partial charge in [-0.15, -0.1) is 0 Å². The quantitative estimate of drug-likeness (QED) is 0.166. The summed E-state index contributed by atoms with van der Waals surface area (Å²) >= 11 is 0. The summed E-state index contributed by atoms with van der Waals surface area (Å²) in [5.41, 5.74) is 15.9. The van der Waals surface area contributed by atoms with E-state index in [9.17, 15) is 0 Å². The van der Waals surface area contributed by atoms with Crippen molar-refractivity contribution in [3.8, 4) is 50.7 Å². The summed E-state index contributed by atoms with van der Waals surface area (Å²) < 4.78 is 7.20. The Kier molecular flexibility index (Phi) is 7.50. The molecule has 0 saturated heterocycles. The van der Waals surface area contributed by atoms with E-state index in [1.807, 2.05) is 0 Å². The van der Waals surface area contributed by atoms with Gasteiger partial charge in [-0.05, 0) is 107 Å². The zero-order chi connectivity index (χ0) is 38.9. The average Bonchev–Trinajstić information content (AvgIpc) is 3.98. The van der Waals surface area contributed by atoms with Gasteiger partial charge in [-0.2, -0.15) is 0 Å². The van der Waals surface area contributed by atoms with Crippen LogP contribution in [0.1, 0.15) is 0 Å². The monoisotopic (exact) mass is 752 g/mol. The van der Waals surface area contributed by atoms with Crippen LogP contribution < -0.4 is 0 Å². The van der Waals surface area contributed by atoms with Crippen LogP contribution >= 0.6 is 0 Å². The van der Waals surface area contributed by atoms with Crippen molar-refractivity contribution in [1.29, 1.82) is 0 Å². The van der Waals surface area contributed by atoms with Gasteiger partial charge in [0.25, 0.3) is 0 Å². The van der Waals surface area contributed by atoms with E-state index in [1.165, 1.54) is 60.3 Å². The SMILES string of the molecule is c1ccc(-c2ccc3c(c2)c2ccc4c5cc(-c6ccccc6)ccc5n(-c5ccc(-c6nc7ccccc7n6-c6ccccc6)cc5)c4c2n3-c2ccccc2)cc1. The third-order valence-corrected chi connectivity index (χ3v) is 11.8. The lowest BCUT2D eigenvalue weighted by Crippen LogP contribution is -2.00. The van der Waals surface area contributed by atoms with Crippen LogP contribution in [-0.2, 0) is 0 Å². The molecule has 276 valence electrons. The highest BCUT2D eigenvalue weighted by atomic mass is 15.1. The second-order valence-corrected chi connectivity index (χ2v) is 15.2. The summed E-state index contributed by atoms with van der Waals surface area (Å²) in [4.78, 5) is 5.18. The maximum atomic E-state index is 5.18. The van der Waals surface area contributed by atoms with E-state index in [4.69, 9.17) is 4.98 Å². The van der Waals surface area contributed by atoms with E-state index in [1.54, 1.807) is 0 Å². The summed E-state index contributed by atoms with van der Waals surface area (Å²) in [6.07, 6.45) is 0. The van der Waals surface area contributed by atoms with Crippen molar-refractivity contribution < 1.29 is 0 Å². The Labute approximate surface area is 341 Å². The van der Waals surface area contributed by atoms with Crippen molar-refractivity contribution in [2.75, 3.05) is 0 Å². The minimum Gasteiger partial charge on any atom is -0.307 e. The van der Waals surface area contributed by atoms with Gasteiger partial charge in [0, 0.05) is 44.2 Å². The first kappa shape index (κ1) is 33.2. The maximum Gasteiger partial charge on any atom is 0.145 e. The van der Waals surface area contributed by atoms with Gasteiger partial charge in [-0.1, -0.05) is 133 Å². The van der Waals surface area contributed by atoms with Crippen LogP contribution in [-0.4, -0.2) is 18.7 Å². The molecule has 12 rings (SSSR count). The molecule has 0 N–H and O–H groups in total. The standard InChI is InChI=1S/C55H36N4/c1-5-15-37(16-6-1)40-27-33-50-47(35-40)45-31-32-46-48-36-41(38-17-7-2-8-18-38)28-34-51(48)58(54(46)53(45)57(50)42-19-9-3-10-20-42)44-29-25-39(26-30-44)55-56-49-23-13-14-24-52(49)59(55)43-21-11-4-12-22-43/h1-36H. The predicted molar refractivity (Wildman–Crippen MR) is 246 cm³/mol. The summed E-state index contributed by atoms with van der Waals surface area (Å²) in [6.45, 7) is 0. The van der Waals surface area contributed by atoms with Crippen molar-refractivity contribution in [1.82, 2.24) is 18.7 Å². The summed E-state index contributed by atoms with van der Waals surface area (Å²) in [7, 11) is 0. The van der Waals surface area contributed by atoms with Gasteiger partial charge in [0.1, 0.15) is 5.82 Å². The van der Waals surface area contributed by atoms with Gasteiger partial charge in [0.15, 0.2) is 0 Å². The number of rotatable bonds is 6. The van der Waals surface area contributed by atoms with Crippen LogP contribution in [0.15, 0.2) is 218 Å². The van der Waals surface area contributed by atoms with E-state index in [2.05, 4.69) is 232 Å². The zero-order valence-corrected chi connectivity index (χ0v) is 32.1. The topological polar surface area (TPSA) is 27.7 Å². The zero-order valence-electron chi connectivity index (χ0n) is 32.1. The molecule has 4 nitrogen and oxygen atoms in total. The number of fused-ring (bicyclic) bond motifs is 8. The molecule has 4 heteroatoms. The van der Waals surface area contributed by atoms with E-state index in [0.717, 1.165) is 45.0 Å². The lowest BCUT2D eigenvalue weighted by molar-refractivity contribution is 1.10. The summed E-state index contributed by atoms with van der Waals surface area (Å²) in [6, 6.07) is 78.6. The Hall–Kier alpha value is -7.95. The van der Waals surface area contributed by atoms with Crippen LogP contribution in [0.3, 0.4) is 0 Å². The second kappa shape index (κ2) is 13.3. The van der Waals surface area contributed by atoms with Gasteiger partial charge in [0.05, 0.1) is 33.1 Å². The molecule has 59 heavy (non-hydrogen) atoms. The highest BCUT2D eigenvalue weighted by Crippen LogP contribution is 2.44. The summed E-state index contributed by atoms with van der Waals surface area (Å²) in [5, 5.41) is 4.87. The predicted octanol–water partition coefficient (Wildman–Crippen LogP) is 14.2. The Morgan fingerprint density at radius 2 is 0.695 bits per heavy atom. The lowest BCUT2D eigenvalue weighted by Gasteiger charge is -2.14. The number of nitrogens with zero attached hydrogens (tertiary/aromatic N) is 4. The fourth-order valence-electron chi connectivity index (χ4n) is 9.15. The Morgan fingerprint density at radius 3 is 1.22 bits per heavy atom. The van der Waals surface area contributed by atoms with Crippen molar-refractivity contribution in [2.24, 2.45) is 0 Å². The molecule has 0 aliphatic heterocycles. The molecule has 0 aliphatic rings. The number of hydrogen-bond acceptors (Lipinski definition) is 1. The van der Waals surface area contributed by atoms with Gasteiger partial charge in [0.2, 0.25) is 0 Å². The Balaban J connectivity index is 1.15. The van der Waals surface area contributed by atoms with Crippen molar-refractivity contribution >= 4 is 54.6 Å². The molecule has 0 radical (unpaired) electrons. The Bertz CT molecular complexity index is 3510. The van der Waals surface area contributed by atoms with Crippen LogP contribution in [0.2, 0.25) is 0 Å². The fraction of sp³-hybridized carbons (Fsp3) is 0. The molecule has 12 aromatic rings. The first-order valence-electron chi connectivity index (χ1n) is 20.1. The second-order valence-electron chi connectivity index (χ2n) is 15.2. The van der Waals surface area contributed by atoms with Crippen molar-refractivity contribution in [3.05, 3.63) is 218 Å². The van der Waals surface area contributed by atoms with E-state index < -0.39 is 0 Å². The number of aromatic nitrogens is 4. The number of para-hydroxylation sites is 4. The van der Waals surface area contributed by atoms with Gasteiger partial charge in [-0.25, -0.2) is 4.98 Å². The van der Waals surface area contributed by atoms with Gasteiger partial charge < -0.3 is 9.13 Å². The number of benzene rings is 9. The molecule has 0 spiro atoms. The third-order valence-electron chi connectivity index (χ3n) is 11.8. The molecule has 0 atom stereocenters.